The summed E-state index contributed by atoms with van der Waals surface area (Å²) >= 11 is 0. The van der Waals surface area contributed by atoms with E-state index in [0.29, 0.717) is 0 Å². The first-order valence-corrected chi connectivity index (χ1v) is 21.7. The molecular weight excluding hydrogens is 747 g/mol. The van der Waals surface area contributed by atoms with E-state index < -0.39 is 5.41 Å². The minimum atomic E-state index is -0.470. The molecule has 292 valence electrons. The first kappa shape index (κ1) is 36.1. The number of hydrogen-bond donors (Lipinski definition) is 0. The van der Waals surface area contributed by atoms with E-state index in [9.17, 15) is 0 Å². The second-order valence-electron chi connectivity index (χ2n) is 16.9. The second kappa shape index (κ2) is 14.2. The van der Waals surface area contributed by atoms with Crippen molar-refractivity contribution in [2.45, 2.75) is 17.8 Å². The summed E-state index contributed by atoms with van der Waals surface area (Å²) in [6, 6.07) is 89.9. The van der Waals surface area contributed by atoms with Crippen LogP contribution in [0.2, 0.25) is 0 Å². The van der Waals surface area contributed by atoms with Crippen LogP contribution in [0.4, 0.5) is 17.1 Å². The SMILES string of the molecule is CC1(c2ccccc2)c2ccccc2-c2c(N(c3ccc(-c4cccc5ccccc45)cc3)c3ccc4c(c3)-c3ccccc3C4(c3ccccc3)c3ccccc3)cccc21. The Morgan fingerprint density at radius 2 is 0.855 bits per heavy atom. The van der Waals surface area contributed by atoms with Gasteiger partial charge in [0.25, 0.3) is 0 Å². The zero-order valence-corrected chi connectivity index (χ0v) is 34.5. The molecule has 2 aliphatic rings. The average Bonchev–Trinajstić information content (AvgIpc) is 3.80. The van der Waals surface area contributed by atoms with Gasteiger partial charge in [-0.15, -0.1) is 0 Å². The fraction of sp³-hybridized carbons (Fsp3) is 0.0492. The zero-order valence-electron chi connectivity index (χ0n) is 34.5. The molecule has 0 aromatic heterocycles. The monoisotopic (exact) mass is 789 g/mol. The van der Waals surface area contributed by atoms with E-state index in [2.05, 4.69) is 254 Å². The molecule has 12 rings (SSSR count). The summed E-state index contributed by atoms with van der Waals surface area (Å²) in [7, 11) is 0. The van der Waals surface area contributed by atoms with Crippen LogP contribution in [0, 0.1) is 0 Å². The summed E-state index contributed by atoms with van der Waals surface area (Å²) < 4.78 is 0. The van der Waals surface area contributed by atoms with E-state index in [1.54, 1.807) is 0 Å². The first-order valence-electron chi connectivity index (χ1n) is 21.7. The summed E-state index contributed by atoms with van der Waals surface area (Å²) in [4.78, 5) is 2.51. The van der Waals surface area contributed by atoms with Crippen molar-refractivity contribution >= 4 is 27.8 Å². The second-order valence-corrected chi connectivity index (χ2v) is 16.9. The molecule has 1 atom stereocenters. The van der Waals surface area contributed by atoms with Crippen molar-refractivity contribution in [3.05, 3.63) is 282 Å². The molecule has 1 heteroatoms. The van der Waals surface area contributed by atoms with Gasteiger partial charge in [0.05, 0.1) is 11.1 Å². The molecule has 0 saturated heterocycles. The average molecular weight is 790 g/mol. The van der Waals surface area contributed by atoms with Gasteiger partial charge in [-0.3, -0.25) is 0 Å². The Labute approximate surface area is 363 Å². The molecule has 0 heterocycles. The third-order valence-corrected chi connectivity index (χ3v) is 13.8. The van der Waals surface area contributed by atoms with Crippen molar-refractivity contribution in [2.75, 3.05) is 4.90 Å². The molecule has 0 N–H and O–H groups in total. The molecule has 1 nitrogen and oxygen atoms in total. The van der Waals surface area contributed by atoms with Crippen molar-refractivity contribution in [1.29, 1.82) is 0 Å². The van der Waals surface area contributed by atoms with Crippen LogP contribution in [0.3, 0.4) is 0 Å². The Kier molecular flexibility index (Phi) is 8.27. The van der Waals surface area contributed by atoms with Crippen LogP contribution in [0.25, 0.3) is 44.2 Å². The van der Waals surface area contributed by atoms with Crippen molar-refractivity contribution in [3.8, 4) is 33.4 Å². The van der Waals surface area contributed by atoms with Gasteiger partial charge in [-0.2, -0.15) is 0 Å². The lowest BCUT2D eigenvalue weighted by Gasteiger charge is -2.34. The van der Waals surface area contributed by atoms with Crippen molar-refractivity contribution < 1.29 is 0 Å². The van der Waals surface area contributed by atoms with E-state index in [0.717, 1.165) is 17.1 Å². The van der Waals surface area contributed by atoms with Gasteiger partial charge in [0.1, 0.15) is 0 Å². The Hall–Kier alpha value is -7.74. The lowest BCUT2D eigenvalue weighted by atomic mass is 9.68. The van der Waals surface area contributed by atoms with Crippen LogP contribution in [0.15, 0.2) is 243 Å². The Morgan fingerprint density at radius 3 is 1.58 bits per heavy atom. The summed E-state index contributed by atoms with van der Waals surface area (Å²) in [6.45, 7) is 2.40. The lowest BCUT2D eigenvalue weighted by Crippen LogP contribution is -2.28. The van der Waals surface area contributed by atoms with Crippen LogP contribution < -0.4 is 4.90 Å². The van der Waals surface area contributed by atoms with Gasteiger partial charge in [-0.1, -0.05) is 212 Å². The molecule has 62 heavy (non-hydrogen) atoms. The van der Waals surface area contributed by atoms with E-state index in [-0.39, 0.29) is 5.41 Å². The molecule has 0 saturated carbocycles. The zero-order chi connectivity index (χ0) is 41.3. The van der Waals surface area contributed by atoms with Crippen LogP contribution in [-0.4, -0.2) is 0 Å². The number of hydrogen-bond acceptors (Lipinski definition) is 1. The summed E-state index contributed by atoms with van der Waals surface area (Å²) in [6.07, 6.45) is 0. The Balaban J connectivity index is 1.11. The standard InChI is InChI=1S/C61H43N/c1-60(44-21-5-2-6-22-44)54-31-15-14-29-52(54)59-57(60)33-18-34-58(59)62(47-37-35-43(36-38-47)50-30-17-20-42-19-11-12-27-49(42)50)48-39-40-56-53(41-48)51-28-13-16-32-55(51)61(56,45-23-7-3-8-24-45)46-25-9-4-10-26-46/h2-41H,1H3. The number of anilines is 3. The molecule has 1 unspecified atom stereocenters. The van der Waals surface area contributed by atoms with Crippen LogP contribution in [0.1, 0.15) is 45.9 Å². The van der Waals surface area contributed by atoms with E-state index in [4.69, 9.17) is 0 Å². The van der Waals surface area contributed by atoms with Crippen LogP contribution in [-0.2, 0) is 10.8 Å². The summed E-state index contributed by atoms with van der Waals surface area (Å²) in [5, 5.41) is 2.51. The highest BCUT2D eigenvalue weighted by Gasteiger charge is 2.47. The fourth-order valence-corrected chi connectivity index (χ4v) is 11.1. The molecule has 2 aliphatic carbocycles. The lowest BCUT2D eigenvalue weighted by molar-refractivity contribution is 0.714. The number of rotatable bonds is 7. The predicted molar refractivity (Wildman–Crippen MR) is 259 cm³/mol. The molecule has 10 aromatic rings. The third kappa shape index (κ3) is 5.22. The van der Waals surface area contributed by atoms with Crippen LogP contribution in [0.5, 0.6) is 0 Å². The third-order valence-electron chi connectivity index (χ3n) is 13.8. The molecule has 0 fully saturated rings. The molecule has 0 radical (unpaired) electrons. The molecule has 0 aliphatic heterocycles. The van der Waals surface area contributed by atoms with Gasteiger partial charge in [0.15, 0.2) is 0 Å². The smallest absolute Gasteiger partial charge is 0.0713 e. The number of nitrogens with zero attached hydrogens (tertiary/aromatic N) is 1. The fourth-order valence-electron chi connectivity index (χ4n) is 11.1. The van der Waals surface area contributed by atoms with E-state index >= 15 is 0 Å². The predicted octanol–water partition coefficient (Wildman–Crippen LogP) is 15.7. The topological polar surface area (TPSA) is 3.24 Å². The van der Waals surface area contributed by atoms with E-state index in [1.165, 1.54) is 83.1 Å². The Bertz CT molecular complexity index is 3250. The highest BCUT2D eigenvalue weighted by Crippen LogP contribution is 2.59. The van der Waals surface area contributed by atoms with Crippen LogP contribution >= 0.6 is 0 Å². The van der Waals surface area contributed by atoms with Gasteiger partial charge >= 0.3 is 0 Å². The highest BCUT2D eigenvalue weighted by atomic mass is 15.1. The normalized spacial score (nSPS) is 15.4. The van der Waals surface area contributed by atoms with Crippen molar-refractivity contribution in [2.24, 2.45) is 0 Å². The number of fused-ring (bicyclic) bond motifs is 7. The Morgan fingerprint density at radius 1 is 0.339 bits per heavy atom. The van der Waals surface area contributed by atoms with Gasteiger partial charge in [-0.05, 0) is 115 Å². The van der Waals surface area contributed by atoms with Gasteiger partial charge in [0, 0.05) is 22.4 Å². The van der Waals surface area contributed by atoms with Gasteiger partial charge < -0.3 is 4.90 Å². The molecular formula is C61H43N. The van der Waals surface area contributed by atoms with Crippen molar-refractivity contribution in [3.63, 3.8) is 0 Å². The summed E-state index contributed by atoms with van der Waals surface area (Å²) in [5.41, 5.74) is 19.2. The maximum atomic E-state index is 2.51. The maximum Gasteiger partial charge on any atom is 0.0713 e. The minimum Gasteiger partial charge on any atom is -0.310 e. The molecule has 0 spiro atoms. The summed E-state index contributed by atoms with van der Waals surface area (Å²) in [5.74, 6) is 0. The first-order chi connectivity index (χ1) is 30.7. The van der Waals surface area contributed by atoms with Crippen molar-refractivity contribution in [1.82, 2.24) is 0 Å². The largest absolute Gasteiger partial charge is 0.310 e. The maximum absolute atomic E-state index is 2.51. The molecule has 10 aromatic carbocycles. The van der Waals surface area contributed by atoms with Gasteiger partial charge in [-0.25, -0.2) is 0 Å². The highest BCUT2D eigenvalue weighted by molar-refractivity contribution is 5.99. The van der Waals surface area contributed by atoms with E-state index in [1.807, 2.05) is 0 Å². The minimum absolute atomic E-state index is 0.324. The molecule has 0 bridgehead atoms. The molecule has 0 amide bonds. The number of benzene rings is 10. The quantitative estimate of drug-likeness (QED) is 0.155. The van der Waals surface area contributed by atoms with Gasteiger partial charge in [0.2, 0.25) is 0 Å².